The fourth-order valence-corrected chi connectivity index (χ4v) is 0.704. The number of aliphatic hydroxyl groups is 2. The Kier molecular flexibility index (Phi) is 4.17. The van der Waals surface area contributed by atoms with Gasteiger partial charge in [0, 0.05) is 6.42 Å². The van der Waals surface area contributed by atoms with E-state index in [9.17, 15) is 5.11 Å². The highest BCUT2D eigenvalue weighted by atomic mass is 16.3. The van der Waals surface area contributed by atoms with Gasteiger partial charge in [-0.3, -0.25) is 0 Å². The predicted octanol–water partition coefficient (Wildman–Crippen LogP) is 0.736. The zero-order chi connectivity index (χ0) is 8.91. The molecule has 2 unspecified atom stereocenters. The fraction of sp³-hybridized carbons (Fsp3) is 0.667. The average Bonchev–Trinajstić information content (AvgIpc) is 2.00. The van der Waals surface area contributed by atoms with E-state index in [4.69, 9.17) is 5.11 Å². The zero-order valence-corrected chi connectivity index (χ0v) is 7.09. The van der Waals surface area contributed by atoms with Crippen LogP contribution in [0.3, 0.4) is 0 Å². The maximum Gasteiger partial charge on any atom is 0.150 e. The minimum Gasteiger partial charge on any atom is -0.389 e. The van der Waals surface area contributed by atoms with E-state index in [1.54, 1.807) is 6.92 Å². The highest BCUT2D eigenvalue weighted by Gasteiger charge is 2.27. The third kappa shape index (κ3) is 2.92. The number of hydrogen-bond acceptors (Lipinski definition) is 2. The predicted molar refractivity (Wildman–Crippen MR) is 44.7 cm³/mol. The van der Waals surface area contributed by atoms with Crippen molar-refractivity contribution in [1.82, 2.24) is 0 Å². The van der Waals surface area contributed by atoms with Crippen molar-refractivity contribution in [3.8, 4) is 11.8 Å². The lowest BCUT2D eigenvalue weighted by atomic mass is 9.95. The standard InChI is InChI=1S/C9H15O2/c1-4-6-7-9(11,5-2)8(3)10/h8,10-11H,1,4-5H2,2-3H3. The molecule has 0 aliphatic carbocycles. The van der Waals surface area contributed by atoms with E-state index in [2.05, 4.69) is 18.8 Å². The van der Waals surface area contributed by atoms with E-state index < -0.39 is 11.7 Å². The molecule has 0 saturated heterocycles. The van der Waals surface area contributed by atoms with Crippen molar-refractivity contribution in [3.63, 3.8) is 0 Å². The Morgan fingerprint density at radius 1 is 1.64 bits per heavy atom. The van der Waals surface area contributed by atoms with Crippen LogP contribution in [-0.2, 0) is 0 Å². The minimum atomic E-state index is -1.25. The summed E-state index contributed by atoms with van der Waals surface area (Å²) in [5, 5.41) is 18.7. The van der Waals surface area contributed by atoms with Crippen LogP contribution >= 0.6 is 0 Å². The van der Waals surface area contributed by atoms with Gasteiger partial charge >= 0.3 is 0 Å². The van der Waals surface area contributed by atoms with E-state index in [1.165, 1.54) is 6.92 Å². The second-order valence-electron chi connectivity index (χ2n) is 2.51. The van der Waals surface area contributed by atoms with Crippen LogP contribution in [0.15, 0.2) is 0 Å². The fourth-order valence-electron chi connectivity index (χ4n) is 0.704. The first kappa shape index (κ1) is 10.5. The third-order valence-electron chi connectivity index (χ3n) is 1.66. The van der Waals surface area contributed by atoms with Crippen molar-refractivity contribution < 1.29 is 10.2 Å². The molecule has 2 N–H and O–H groups in total. The van der Waals surface area contributed by atoms with Crippen LogP contribution in [0.1, 0.15) is 26.7 Å². The Hall–Kier alpha value is -0.520. The van der Waals surface area contributed by atoms with Crippen molar-refractivity contribution >= 4 is 0 Å². The largest absolute Gasteiger partial charge is 0.389 e. The smallest absolute Gasteiger partial charge is 0.150 e. The van der Waals surface area contributed by atoms with Crippen LogP contribution in [0.25, 0.3) is 0 Å². The molecule has 0 bridgehead atoms. The molecule has 1 radical (unpaired) electrons. The van der Waals surface area contributed by atoms with Gasteiger partial charge in [-0.05, 0) is 20.3 Å². The van der Waals surface area contributed by atoms with Crippen molar-refractivity contribution in [1.29, 1.82) is 0 Å². The molecule has 2 atom stereocenters. The Labute approximate surface area is 68.2 Å². The first-order chi connectivity index (χ1) is 5.06. The molecule has 0 aromatic rings. The zero-order valence-electron chi connectivity index (χ0n) is 7.09. The third-order valence-corrected chi connectivity index (χ3v) is 1.66. The molecule has 0 heterocycles. The van der Waals surface area contributed by atoms with Gasteiger partial charge in [0.15, 0.2) is 5.60 Å². The summed E-state index contributed by atoms with van der Waals surface area (Å²) >= 11 is 0. The molecular formula is C9H15O2. The topological polar surface area (TPSA) is 40.5 Å². The van der Waals surface area contributed by atoms with Crippen molar-refractivity contribution in [2.24, 2.45) is 0 Å². The molecule has 0 aromatic heterocycles. The molecule has 11 heavy (non-hydrogen) atoms. The first-order valence-electron chi connectivity index (χ1n) is 3.76. The van der Waals surface area contributed by atoms with Crippen LogP contribution in [0.2, 0.25) is 0 Å². The van der Waals surface area contributed by atoms with Gasteiger partial charge in [-0.2, -0.15) is 0 Å². The van der Waals surface area contributed by atoms with E-state index >= 15 is 0 Å². The molecule has 0 aromatic carbocycles. The molecule has 0 rings (SSSR count). The van der Waals surface area contributed by atoms with Crippen molar-refractivity contribution in [2.75, 3.05) is 0 Å². The monoisotopic (exact) mass is 155 g/mol. The lowest BCUT2D eigenvalue weighted by Gasteiger charge is -2.23. The molecule has 2 nitrogen and oxygen atoms in total. The van der Waals surface area contributed by atoms with E-state index in [0.29, 0.717) is 12.8 Å². The van der Waals surface area contributed by atoms with Crippen LogP contribution in [0, 0.1) is 18.8 Å². The van der Waals surface area contributed by atoms with Crippen LogP contribution in [0.5, 0.6) is 0 Å². The second-order valence-corrected chi connectivity index (χ2v) is 2.51. The van der Waals surface area contributed by atoms with Gasteiger partial charge in [-0.1, -0.05) is 12.8 Å². The summed E-state index contributed by atoms with van der Waals surface area (Å²) in [7, 11) is 0. The normalized spacial score (nSPS) is 17.9. The second kappa shape index (κ2) is 4.38. The van der Waals surface area contributed by atoms with Gasteiger partial charge in [0.05, 0.1) is 6.10 Å². The lowest BCUT2D eigenvalue weighted by molar-refractivity contribution is -0.0240. The van der Waals surface area contributed by atoms with Crippen LogP contribution in [-0.4, -0.2) is 21.9 Å². The highest BCUT2D eigenvalue weighted by Crippen LogP contribution is 2.13. The summed E-state index contributed by atoms with van der Waals surface area (Å²) in [6.45, 7) is 6.83. The van der Waals surface area contributed by atoms with Crippen LogP contribution in [0.4, 0.5) is 0 Å². The average molecular weight is 155 g/mol. The van der Waals surface area contributed by atoms with Gasteiger partial charge in [0.1, 0.15) is 0 Å². The quantitative estimate of drug-likeness (QED) is 0.577. The maximum atomic E-state index is 9.58. The van der Waals surface area contributed by atoms with Gasteiger partial charge in [-0.15, -0.1) is 5.92 Å². The minimum absolute atomic E-state index is 0.428. The van der Waals surface area contributed by atoms with Gasteiger partial charge in [0.25, 0.3) is 0 Å². The lowest BCUT2D eigenvalue weighted by Crippen LogP contribution is -2.38. The van der Waals surface area contributed by atoms with E-state index in [0.717, 1.165) is 0 Å². The molecule has 0 saturated carbocycles. The Bertz CT molecular complexity index is 164. The molecule has 0 fully saturated rings. The van der Waals surface area contributed by atoms with E-state index in [-0.39, 0.29) is 0 Å². The summed E-state index contributed by atoms with van der Waals surface area (Å²) in [4.78, 5) is 0. The summed E-state index contributed by atoms with van der Waals surface area (Å²) < 4.78 is 0. The number of hydrogen-bond donors (Lipinski definition) is 2. The van der Waals surface area contributed by atoms with Crippen molar-refractivity contribution in [3.05, 3.63) is 6.92 Å². The van der Waals surface area contributed by atoms with E-state index in [1.807, 2.05) is 0 Å². The summed E-state index contributed by atoms with van der Waals surface area (Å²) in [6.07, 6.45) is 0.0683. The molecular weight excluding hydrogens is 140 g/mol. The molecule has 2 heteroatoms. The van der Waals surface area contributed by atoms with Crippen LogP contribution < -0.4 is 0 Å². The summed E-state index contributed by atoms with van der Waals surface area (Å²) in [5.74, 6) is 5.24. The molecule has 0 aliphatic rings. The number of aliphatic hydroxyl groups excluding tert-OH is 1. The Morgan fingerprint density at radius 2 is 2.18 bits per heavy atom. The summed E-state index contributed by atoms with van der Waals surface area (Å²) in [5.41, 5.74) is -1.25. The molecule has 63 valence electrons. The highest BCUT2D eigenvalue weighted by molar-refractivity contribution is 5.15. The molecule has 0 amide bonds. The summed E-state index contributed by atoms with van der Waals surface area (Å²) in [6, 6.07) is 0. The Morgan fingerprint density at radius 3 is 2.45 bits per heavy atom. The van der Waals surface area contributed by atoms with Gasteiger partial charge < -0.3 is 10.2 Å². The molecule has 0 aliphatic heterocycles. The van der Waals surface area contributed by atoms with Gasteiger partial charge in [0.2, 0.25) is 0 Å². The first-order valence-corrected chi connectivity index (χ1v) is 3.76. The molecule has 0 spiro atoms. The number of rotatable bonds is 2. The maximum absolute atomic E-state index is 9.58. The Balaban J connectivity index is 4.34. The SMILES string of the molecule is [CH2]CC#CC(O)(CC)C(C)O. The van der Waals surface area contributed by atoms with Crippen molar-refractivity contribution in [2.45, 2.75) is 38.4 Å². The van der Waals surface area contributed by atoms with Gasteiger partial charge in [-0.25, -0.2) is 0 Å².